The third-order valence-corrected chi connectivity index (χ3v) is 5.20. The van der Waals surface area contributed by atoms with Crippen molar-refractivity contribution in [3.05, 3.63) is 62.6 Å². The van der Waals surface area contributed by atoms with Crippen LogP contribution in [-0.4, -0.2) is 22.2 Å². The SMILES string of the molecule is C=C(Br)CNC(=O)c1cc2c(C)nn(Cc3ccc(Cl)cc3)c2s1. The first-order valence-corrected chi connectivity index (χ1v) is 9.25. The van der Waals surface area contributed by atoms with E-state index in [1.807, 2.05) is 41.9 Å². The number of carbonyl (C=O) groups excluding carboxylic acids is 1. The van der Waals surface area contributed by atoms with Crippen molar-refractivity contribution in [3.63, 3.8) is 0 Å². The Labute approximate surface area is 157 Å². The Bertz CT molecular complexity index is 914. The highest BCUT2D eigenvalue weighted by molar-refractivity contribution is 9.11. The molecular formula is C17H15BrClN3OS. The molecule has 24 heavy (non-hydrogen) atoms. The van der Waals surface area contributed by atoms with Gasteiger partial charge in [0, 0.05) is 21.4 Å². The standard InChI is InChI=1S/C17H15BrClN3OS/c1-10(18)8-20-16(23)15-7-14-11(2)21-22(17(14)24-15)9-12-3-5-13(19)6-4-12/h3-7H,1,8-9H2,2H3,(H,20,23). The minimum absolute atomic E-state index is 0.103. The fraction of sp³-hybridized carbons (Fsp3) is 0.176. The van der Waals surface area contributed by atoms with Crippen molar-refractivity contribution in [1.29, 1.82) is 0 Å². The molecule has 0 unspecified atom stereocenters. The third-order valence-electron chi connectivity index (χ3n) is 3.52. The molecule has 0 aliphatic carbocycles. The van der Waals surface area contributed by atoms with Crippen LogP contribution in [0, 0.1) is 6.92 Å². The van der Waals surface area contributed by atoms with Crippen LogP contribution in [0.2, 0.25) is 5.02 Å². The van der Waals surface area contributed by atoms with Crippen LogP contribution in [0.4, 0.5) is 0 Å². The van der Waals surface area contributed by atoms with E-state index in [1.165, 1.54) is 11.3 Å². The summed E-state index contributed by atoms with van der Waals surface area (Å²) in [6.07, 6.45) is 0. The van der Waals surface area contributed by atoms with E-state index in [0.29, 0.717) is 23.0 Å². The number of benzene rings is 1. The molecule has 2 heterocycles. The Morgan fingerprint density at radius 2 is 2.12 bits per heavy atom. The van der Waals surface area contributed by atoms with E-state index in [2.05, 4.69) is 32.9 Å². The van der Waals surface area contributed by atoms with E-state index in [-0.39, 0.29) is 5.91 Å². The highest BCUT2D eigenvalue weighted by Crippen LogP contribution is 2.29. The quantitative estimate of drug-likeness (QED) is 0.642. The molecule has 0 saturated carbocycles. The normalized spacial score (nSPS) is 11.0. The number of amides is 1. The minimum Gasteiger partial charge on any atom is -0.347 e. The molecule has 1 N–H and O–H groups in total. The monoisotopic (exact) mass is 423 g/mol. The number of aromatic nitrogens is 2. The van der Waals surface area contributed by atoms with Crippen molar-refractivity contribution >= 4 is 55.0 Å². The predicted molar refractivity (Wildman–Crippen MR) is 103 cm³/mol. The third kappa shape index (κ3) is 3.71. The summed E-state index contributed by atoms with van der Waals surface area (Å²) >= 11 is 10.6. The zero-order valence-corrected chi connectivity index (χ0v) is 16.1. The number of carbonyl (C=O) groups is 1. The van der Waals surface area contributed by atoms with Crippen molar-refractivity contribution in [2.75, 3.05) is 6.54 Å². The molecule has 0 aliphatic heterocycles. The number of thiophene rings is 1. The van der Waals surface area contributed by atoms with E-state index < -0.39 is 0 Å². The molecule has 2 aromatic heterocycles. The summed E-state index contributed by atoms with van der Waals surface area (Å²) < 4.78 is 2.67. The van der Waals surface area contributed by atoms with Gasteiger partial charge in [-0.05, 0) is 30.7 Å². The Morgan fingerprint density at radius 3 is 2.79 bits per heavy atom. The number of hydrogen-bond acceptors (Lipinski definition) is 3. The van der Waals surface area contributed by atoms with Crippen LogP contribution in [0.5, 0.6) is 0 Å². The lowest BCUT2D eigenvalue weighted by Crippen LogP contribution is -2.23. The highest BCUT2D eigenvalue weighted by atomic mass is 79.9. The van der Waals surface area contributed by atoms with Gasteiger partial charge in [-0.2, -0.15) is 5.10 Å². The summed E-state index contributed by atoms with van der Waals surface area (Å²) in [7, 11) is 0. The van der Waals surface area contributed by atoms with Crippen molar-refractivity contribution in [2.45, 2.75) is 13.5 Å². The van der Waals surface area contributed by atoms with E-state index >= 15 is 0 Å². The molecule has 0 fully saturated rings. The summed E-state index contributed by atoms with van der Waals surface area (Å²) in [6, 6.07) is 9.59. The van der Waals surface area contributed by atoms with Crippen molar-refractivity contribution in [1.82, 2.24) is 15.1 Å². The van der Waals surface area contributed by atoms with Gasteiger partial charge in [-0.3, -0.25) is 9.48 Å². The van der Waals surface area contributed by atoms with Crippen LogP contribution >= 0.6 is 38.9 Å². The molecule has 1 amide bonds. The summed E-state index contributed by atoms with van der Waals surface area (Å²) in [5.41, 5.74) is 2.03. The average Bonchev–Trinajstić information content (AvgIpc) is 3.09. The number of rotatable bonds is 5. The lowest BCUT2D eigenvalue weighted by molar-refractivity contribution is 0.0962. The molecule has 0 radical (unpaired) electrons. The van der Waals surface area contributed by atoms with Crippen molar-refractivity contribution < 1.29 is 4.79 Å². The van der Waals surface area contributed by atoms with Gasteiger partial charge in [-0.1, -0.05) is 46.2 Å². The van der Waals surface area contributed by atoms with Gasteiger partial charge in [0.25, 0.3) is 5.91 Å². The number of hydrogen-bond donors (Lipinski definition) is 1. The van der Waals surface area contributed by atoms with Gasteiger partial charge in [0.15, 0.2) is 0 Å². The Balaban J connectivity index is 1.88. The number of aryl methyl sites for hydroxylation is 1. The van der Waals surface area contributed by atoms with Crippen molar-refractivity contribution in [3.8, 4) is 0 Å². The average molecular weight is 425 g/mol. The molecule has 0 spiro atoms. The maximum Gasteiger partial charge on any atom is 0.261 e. The topological polar surface area (TPSA) is 46.9 Å². The van der Waals surface area contributed by atoms with Crippen LogP contribution in [-0.2, 0) is 6.54 Å². The Morgan fingerprint density at radius 1 is 1.42 bits per heavy atom. The molecule has 3 rings (SSSR count). The number of halogens is 2. The second kappa shape index (κ2) is 7.09. The number of nitrogens with one attached hydrogen (secondary N) is 1. The van der Waals surface area contributed by atoms with Gasteiger partial charge in [0.1, 0.15) is 4.83 Å². The van der Waals surface area contributed by atoms with Gasteiger partial charge < -0.3 is 5.32 Å². The zero-order valence-electron chi connectivity index (χ0n) is 13.0. The Kier molecular flexibility index (Phi) is 5.08. The largest absolute Gasteiger partial charge is 0.347 e. The van der Waals surface area contributed by atoms with Gasteiger partial charge >= 0.3 is 0 Å². The molecule has 0 bridgehead atoms. The molecule has 0 atom stereocenters. The minimum atomic E-state index is -0.103. The second-order valence-corrected chi connectivity index (χ2v) is 7.99. The number of fused-ring (bicyclic) bond motifs is 1. The summed E-state index contributed by atoms with van der Waals surface area (Å²) in [4.78, 5) is 13.9. The van der Waals surface area contributed by atoms with E-state index in [0.717, 1.165) is 26.0 Å². The van der Waals surface area contributed by atoms with E-state index in [9.17, 15) is 4.79 Å². The smallest absolute Gasteiger partial charge is 0.261 e. The van der Waals surface area contributed by atoms with Crippen molar-refractivity contribution in [2.24, 2.45) is 0 Å². The second-order valence-electron chi connectivity index (χ2n) is 5.40. The zero-order chi connectivity index (χ0) is 17.3. The molecule has 0 saturated heterocycles. The van der Waals surface area contributed by atoms with Crippen LogP contribution < -0.4 is 5.32 Å². The molecule has 124 valence electrons. The van der Waals surface area contributed by atoms with E-state index in [4.69, 9.17) is 11.6 Å². The fourth-order valence-corrected chi connectivity index (χ4v) is 3.70. The summed E-state index contributed by atoms with van der Waals surface area (Å²) in [6.45, 7) is 6.72. The highest BCUT2D eigenvalue weighted by Gasteiger charge is 2.16. The first kappa shape index (κ1) is 17.2. The lowest BCUT2D eigenvalue weighted by atomic mass is 10.2. The first-order valence-electron chi connectivity index (χ1n) is 7.27. The van der Waals surface area contributed by atoms with Crippen LogP contribution in [0.1, 0.15) is 20.9 Å². The van der Waals surface area contributed by atoms with Gasteiger partial charge in [0.05, 0.1) is 17.1 Å². The fourth-order valence-electron chi connectivity index (χ4n) is 2.36. The maximum atomic E-state index is 12.2. The molecular weight excluding hydrogens is 410 g/mol. The lowest BCUT2D eigenvalue weighted by Gasteiger charge is -2.03. The van der Waals surface area contributed by atoms with Gasteiger partial charge in [-0.15, -0.1) is 11.3 Å². The van der Waals surface area contributed by atoms with Crippen LogP contribution in [0.25, 0.3) is 10.2 Å². The summed E-state index contributed by atoms with van der Waals surface area (Å²) in [5.74, 6) is -0.103. The van der Waals surface area contributed by atoms with Crippen LogP contribution in [0.15, 0.2) is 41.4 Å². The predicted octanol–water partition coefficient (Wildman–Crippen LogP) is 4.75. The Hall–Kier alpha value is -1.63. The molecule has 1 aromatic carbocycles. The maximum absolute atomic E-state index is 12.2. The number of nitrogens with zero attached hydrogens (tertiary/aromatic N) is 2. The van der Waals surface area contributed by atoms with E-state index in [1.54, 1.807) is 0 Å². The first-order chi connectivity index (χ1) is 11.4. The molecule has 4 nitrogen and oxygen atoms in total. The van der Waals surface area contributed by atoms with Gasteiger partial charge in [-0.25, -0.2) is 0 Å². The molecule has 7 heteroatoms. The van der Waals surface area contributed by atoms with Gasteiger partial charge in [0.2, 0.25) is 0 Å². The van der Waals surface area contributed by atoms with Crippen LogP contribution in [0.3, 0.4) is 0 Å². The molecule has 0 aliphatic rings. The molecule has 3 aromatic rings. The summed E-state index contributed by atoms with van der Waals surface area (Å²) in [5, 5.41) is 9.13.